The zero-order valence-electron chi connectivity index (χ0n) is 10.1. The quantitative estimate of drug-likeness (QED) is 0.414. The van der Waals surface area contributed by atoms with E-state index in [0.29, 0.717) is 5.57 Å². The molecule has 1 saturated heterocycles. The fraction of sp³-hybridized carbons (Fsp3) is 0.364. The maximum Gasteiger partial charge on any atom is 0.302 e. The van der Waals surface area contributed by atoms with Crippen molar-refractivity contribution in [3.05, 3.63) is 21.3 Å². The van der Waals surface area contributed by atoms with Crippen LogP contribution in [-0.4, -0.2) is 40.5 Å². The molecule has 0 N–H and O–H groups in total. The van der Waals surface area contributed by atoms with Gasteiger partial charge in [0.25, 0.3) is 5.91 Å². The molecule has 1 atom stereocenters. The van der Waals surface area contributed by atoms with Crippen molar-refractivity contribution in [2.24, 2.45) is 0 Å². The van der Waals surface area contributed by atoms with Gasteiger partial charge < -0.3 is 14.6 Å². The highest BCUT2D eigenvalue weighted by molar-refractivity contribution is 8.00. The molecule has 0 radical (unpaired) electrons. The number of hydrogen-bond acceptors (Lipinski definition) is 6. The van der Waals surface area contributed by atoms with Crippen molar-refractivity contribution in [3.63, 3.8) is 0 Å². The van der Waals surface area contributed by atoms with Gasteiger partial charge in [0.05, 0.1) is 17.2 Å². The van der Waals surface area contributed by atoms with Crippen LogP contribution in [0.25, 0.3) is 0 Å². The van der Waals surface area contributed by atoms with Crippen LogP contribution < -0.4 is 5.11 Å². The molecule has 20 heavy (non-hydrogen) atoms. The van der Waals surface area contributed by atoms with Crippen LogP contribution in [0.5, 0.6) is 0 Å². The van der Waals surface area contributed by atoms with Crippen molar-refractivity contribution >= 4 is 52.8 Å². The summed E-state index contributed by atoms with van der Waals surface area (Å²) in [4.78, 5) is 35.0. The number of esters is 1. The number of carboxylic acid groups (broad SMARTS) is 1. The van der Waals surface area contributed by atoms with Gasteiger partial charge >= 0.3 is 5.97 Å². The van der Waals surface area contributed by atoms with Crippen molar-refractivity contribution in [2.75, 3.05) is 12.4 Å². The number of ether oxygens (including phenoxy) is 1. The molecule has 2 aliphatic heterocycles. The van der Waals surface area contributed by atoms with E-state index in [-0.39, 0.29) is 28.1 Å². The second-order valence-corrected chi connectivity index (χ2v) is 6.05. The first-order chi connectivity index (χ1) is 9.34. The number of carbonyl (C=O) groups excluding carboxylic acids is 3. The average molecular weight is 337 g/mol. The van der Waals surface area contributed by atoms with Crippen LogP contribution in [0.2, 0.25) is 0 Å². The first-order valence-corrected chi connectivity index (χ1v) is 7.22. The minimum Gasteiger partial charge on any atom is -0.543 e. The number of thioether (sulfide) groups is 1. The molecule has 2 heterocycles. The first-order valence-electron chi connectivity index (χ1n) is 5.41. The van der Waals surface area contributed by atoms with Crippen molar-refractivity contribution in [2.45, 2.75) is 12.3 Å². The number of carbonyl (C=O) groups is 3. The first kappa shape index (κ1) is 15.2. The van der Waals surface area contributed by atoms with Gasteiger partial charge in [0, 0.05) is 18.2 Å². The standard InChI is InChI=1S/C11H9Cl2NO5S/c1-4(15)19-2-5-3-20-10-6(8(12)13)9(16)14(10)7(5)11(17)18/h10H,2-3H2,1H3,(H,17,18)/p-1/t10-/m1/s1. The molecule has 9 heteroatoms. The smallest absolute Gasteiger partial charge is 0.302 e. The molecule has 108 valence electrons. The molecule has 2 aliphatic rings. The van der Waals surface area contributed by atoms with E-state index >= 15 is 0 Å². The fourth-order valence-corrected chi connectivity index (χ4v) is 3.73. The average Bonchev–Trinajstić information content (AvgIpc) is 2.34. The normalized spacial score (nSPS) is 21.4. The number of β-lactam (4-membered cyclic amide) rings is 1. The molecule has 1 amide bonds. The Kier molecular flexibility index (Phi) is 4.31. The van der Waals surface area contributed by atoms with Crippen LogP contribution >= 0.6 is 35.0 Å². The predicted octanol–water partition coefficient (Wildman–Crippen LogP) is 0.158. The van der Waals surface area contributed by atoms with E-state index in [1.807, 2.05) is 0 Å². The number of carboxylic acids is 1. The van der Waals surface area contributed by atoms with Gasteiger partial charge in [0.15, 0.2) is 0 Å². The van der Waals surface area contributed by atoms with E-state index < -0.39 is 23.2 Å². The van der Waals surface area contributed by atoms with Gasteiger partial charge in [-0.3, -0.25) is 14.5 Å². The van der Waals surface area contributed by atoms with E-state index in [9.17, 15) is 19.5 Å². The van der Waals surface area contributed by atoms with Crippen LogP contribution in [-0.2, 0) is 19.1 Å². The Bertz CT molecular complexity index is 567. The predicted molar refractivity (Wildman–Crippen MR) is 70.5 cm³/mol. The fourth-order valence-electron chi connectivity index (χ4n) is 1.92. The highest BCUT2D eigenvalue weighted by Gasteiger charge is 2.49. The summed E-state index contributed by atoms with van der Waals surface area (Å²) >= 11 is 12.5. The lowest BCUT2D eigenvalue weighted by Crippen LogP contribution is -2.58. The number of hydrogen-bond donors (Lipinski definition) is 0. The summed E-state index contributed by atoms with van der Waals surface area (Å²) in [5.41, 5.74) is 0.196. The van der Waals surface area contributed by atoms with Gasteiger partial charge in [0.1, 0.15) is 16.5 Å². The number of halogens is 2. The Balaban J connectivity index is 2.33. The Hall–Kier alpha value is -1.18. The van der Waals surface area contributed by atoms with Gasteiger partial charge in [-0.25, -0.2) is 0 Å². The number of fused-ring (bicyclic) bond motifs is 1. The molecule has 0 aromatic rings. The van der Waals surface area contributed by atoms with Gasteiger partial charge in [-0.05, 0) is 0 Å². The van der Waals surface area contributed by atoms with E-state index in [2.05, 4.69) is 0 Å². The second kappa shape index (κ2) is 5.67. The van der Waals surface area contributed by atoms with Gasteiger partial charge in [-0.1, -0.05) is 23.2 Å². The number of aliphatic carboxylic acids is 1. The van der Waals surface area contributed by atoms with Gasteiger partial charge in [-0.15, -0.1) is 11.8 Å². The third-order valence-electron chi connectivity index (χ3n) is 2.77. The monoisotopic (exact) mass is 336 g/mol. The lowest BCUT2D eigenvalue weighted by Gasteiger charge is -2.47. The van der Waals surface area contributed by atoms with Crippen LogP contribution in [0.3, 0.4) is 0 Å². The highest BCUT2D eigenvalue weighted by atomic mass is 35.5. The van der Waals surface area contributed by atoms with Gasteiger partial charge in [0.2, 0.25) is 0 Å². The zero-order valence-corrected chi connectivity index (χ0v) is 12.5. The van der Waals surface area contributed by atoms with Crippen LogP contribution in [0.15, 0.2) is 21.3 Å². The molecule has 0 aromatic carbocycles. The minimum absolute atomic E-state index is 0.170. The molecule has 0 unspecified atom stereocenters. The summed E-state index contributed by atoms with van der Waals surface area (Å²) in [5, 5.41) is 10.7. The Morgan fingerprint density at radius 2 is 2.15 bits per heavy atom. The Morgan fingerprint density at radius 3 is 2.65 bits per heavy atom. The molecule has 2 rings (SSSR count). The third kappa shape index (κ3) is 2.53. The van der Waals surface area contributed by atoms with Gasteiger partial charge in [-0.2, -0.15) is 0 Å². The molecule has 0 spiro atoms. The van der Waals surface area contributed by atoms with Crippen LogP contribution in [0, 0.1) is 0 Å². The summed E-state index contributed by atoms with van der Waals surface area (Å²) in [5.74, 6) is -2.35. The Morgan fingerprint density at radius 1 is 1.50 bits per heavy atom. The van der Waals surface area contributed by atoms with Crippen LogP contribution in [0.1, 0.15) is 6.92 Å². The summed E-state index contributed by atoms with van der Waals surface area (Å²) in [7, 11) is 0. The lowest BCUT2D eigenvalue weighted by atomic mass is 10.0. The van der Waals surface area contributed by atoms with E-state index in [1.165, 1.54) is 18.7 Å². The maximum atomic E-state index is 11.9. The Labute approximate surface area is 128 Å². The largest absolute Gasteiger partial charge is 0.543 e. The molecule has 0 bridgehead atoms. The molecule has 0 aromatic heterocycles. The molecule has 0 aliphatic carbocycles. The topological polar surface area (TPSA) is 86.7 Å². The summed E-state index contributed by atoms with van der Waals surface area (Å²) in [6.45, 7) is 1.01. The number of amides is 1. The van der Waals surface area contributed by atoms with E-state index in [0.717, 1.165) is 4.90 Å². The molecular formula is C11H8Cl2NO5S-. The maximum absolute atomic E-state index is 11.9. The number of nitrogens with zero attached hydrogens (tertiary/aromatic N) is 1. The highest BCUT2D eigenvalue weighted by Crippen LogP contribution is 2.45. The van der Waals surface area contributed by atoms with Crippen LogP contribution in [0.4, 0.5) is 0 Å². The molecule has 0 saturated carbocycles. The van der Waals surface area contributed by atoms with Crippen molar-refractivity contribution in [3.8, 4) is 0 Å². The molecule has 6 nitrogen and oxygen atoms in total. The van der Waals surface area contributed by atoms with E-state index in [4.69, 9.17) is 27.9 Å². The summed E-state index contributed by atoms with van der Waals surface area (Å²) in [6, 6.07) is 0. The summed E-state index contributed by atoms with van der Waals surface area (Å²) in [6.07, 6.45) is 0. The second-order valence-electron chi connectivity index (χ2n) is 4.03. The zero-order chi connectivity index (χ0) is 15.0. The summed E-state index contributed by atoms with van der Waals surface area (Å²) < 4.78 is 4.60. The van der Waals surface area contributed by atoms with Crippen molar-refractivity contribution in [1.82, 2.24) is 4.90 Å². The third-order valence-corrected chi connectivity index (χ3v) is 4.45. The minimum atomic E-state index is -1.50. The lowest BCUT2D eigenvalue weighted by molar-refractivity contribution is -0.301. The molecule has 1 fully saturated rings. The SMILES string of the molecule is CC(=O)OCC1=C(C(=O)[O-])N2C(=O)C(=C(Cl)Cl)[C@H]2SC1. The van der Waals surface area contributed by atoms with Crippen molar-refractivity contribution < 1.29 is 24.2 Å². The van der Waals surface area contributed by atoms with Crippen molar-refractivity contribution in [1.29, 1.82) is 0 Å². The number of rotatable bonds is 3. The van der Waals surface area contributed by atoms with E-state index in [1.54, 1.807) is 0 Å². The molecular weight excluding hydrogens is 329 g/mol.